The van der Waals surface area contributed by atoms with Crippen LogP contribution in [0.1, 0.15) is 20.3 Å². The molecule has 0 bridgehead atoms. The van der Waals surface area contributed by atoms with Crippen LogP contribution >= 0.6 is 15.9 Å². The van der Waals surface area contributed by atoms with Gasteiger partial charge in [-0.15, -0.1) is 0 Å². The molecular formula is C13H18BrNO4S. The van der Waals surface area contributed by atoms with Crippen molar-refractivity contribution < 1.29 is 18.3 Å². The molecule has 0 heterocycles. The summed E-state index contributed by atoms with van der Waals surface area (Å²) in [6, 6.07) is 6.37. The van der Waals surface area contributed by atoms with Gasteiger partial charge in [-0.05, 0) is 37.6 Å². The number of sulfone groups is 1. The lowest BCUT2D eigenvalue weighted by atomic mass is 9.99. The zero-order valence-electron chi connectivity index (χ0n) is 11.4. The Hall–Kier alpha value is -0.920. The van der Waals surface area contributed by atoms with E-state index in [2.05, 4.69) is 21.2 Å². The molecule has 7 heteroatoms. The van der Waals surface area contributed by atoms with E-state index in [0.717, 1.165) is 4.47 Å². The van der Waals surface area contributed by atoms with Crippen LogP contribution < -0.4 is 5.32 Å². The van der Waals surface area contributed by atoms with E-state index in [9.17, 15) is 13.2 Å². The van der Waals surface area contributed by atoms with Gasteiger partial charge in [0.2, 0.25) is 0 Å². The van der Waals surface area contributed by atoms with Gasteiger partial charge in [0.1, 0.15) is 5.54 Å². The molecule has 5 nitrogen and oxygen atoms in total. The number of aliphatic carboxylic acids is 1. The van der Waals surface area contributed by atoms with Crippen LogP contribution in [0.2, 0.25) is 0 Å². The molecule has 0 saturated carbocycles. The van der Waals surface area contributed by atoms with Crippen LogP contribution in [-0.2, 0) is 14.6 Å². The molecule has 0 aliphatic heterocycles. The first kappa shape index (κ1) is 17.1. The van der Waals surface area contributed by atoms with Gasteiger partial charge in [-0.3, -0.25) is 4.79 Å². The number of carboxylic acids is 1. The van der Waals surface area contributed by atoms with Gasteiger partial charge in [0.25, 0.3) is 0 Å². The van der Waals surface area contributed by atoms with E-state index >= 15 is 0 Å². The maximum absolute atomic E-state index is 12.1. The largest absolute Gasteiger partial charge is 0.480 e. The van der Waals surface area contributed by atoms with Crippen molar-refractivity contribution >= 4 is 31.7 Å². The fraction of sp³-hybridized carbons (Fsp3) is 0.462. The molecule has 1 unspecified atom stereocenters. The highest BCUT2D eigenvalue weighted by Gasteiger charge is 2.30. The Morgan fingerprint density at radius 3 is 2.35 bits per heavy atom. The first-order valence-corrected chi connectivity index (χ1v) is 8.62. The van der Waals surface area contributed by atoms with Gasteiger partial charge >= 0.3 is 5.97 Å². The van der Waals surface area contributed by atoms with Crippen LogP contribution in [0.25, 0.3) is 0 Å². The standard InChI is InChI=1S/C13H18BrNO4S/c1-3-13(2,12(16)17)15-8-9-20(18,19)11-6-4-10(14)5-7-11/h4-7,15H,3,8-9H2,1-2H3,(H,16,17). The van der Waals surface area contributed by atoms with E-state index in [1.807, 2.05) is 0 Å². The molecule has 1 aromatic rings. The van der Waals surface area contributed by atoms with Gasteiger partial charge in [0.05, 0.1) is 10.6 Å². The first-order chi connectivity index (χ1) is 9.21. The molecule has 0 spiro atoms. The summed E-state index contributed by atoms with van der Waals surface area (Å²) in [4.78, 5) is 11.3. The van der Waals surface area contributed by atoms with Crippen molar-refractivity contribution in [2.75, 3.05) is 12.3 Å². The van der Waals surface area contributed by atoms with Crippen molar-refractivity contribution in [3.63, 3.8) is 0 Å². The van der Waals surface area contributed by atoms with Crippen molar-refractivity contribution in [1.82, 2.24) is 5.32 Å². The third-order valence-electron chi connectivity index (χ3n) is 3.24. The van der Waals surface area contributed by atoms with E-state index in [0.29, 0.717) is 6.42 Å². The first-order valence-electron chi connectivity index (χ1n) is 6.18. The van der Waals surface area contributed by atoms with Crippen LogP contribution in [0.15, 0.2) is 33.6 Å². The normalized spacial score (nSPS) is 14.8. The second-order valence-corrected chi connectivity index (χ2v) is 7.72. The average molecular weight is 364 g/mol. The van der Waals surface area contributed by atoms with Crippen molar-refractivity contribution in [2.45, 2.75) is 30.7 Å². The highest BCUT2D eigenvalue weighted by molar-refractivity contribution is 9.10. The summed E-state index contributed by atoms with van der Waals surface area (Å²) < 4.78 is 25.0. The maximum Gasteiger partial charge on any atom is 0.323 e. The van der Waals surface area contributed by atoms with Crippen molar-refractivity contribution in [1.29, 1.82) is 0 Å². The Balaban J connectivity index is 2.69. The molecule has 1 aromatic carbocycles. The van der Waals surface area contributed by atoms with E-state index in [1.54, 1.807) is 26.0 Å². The number of rotatable bonds is 7. The minimum Gasteiger partial charge on any atom is -0.480 e. The van der Waals surface area contributed by atoms with E-state index in [1.165, 1.54) is 12.1 Å². The molecule has 20 heavy (non-hydrogen) atoms. The minimum atomic E-state index is -3.41. The minimum absolute atomic E-state index is 0.0923. The molecule has 1 atom stereocenters. The van der Waals surface area contributed by atoms with E-state index in [-0.39, 0.29) is 17.2 Å². The third kappa shape index (κ3) is 4.29. The highest BCUT2D eigenvalue weighted by Crippen LogP contribution is 2.16. The predicted octanol–water partition coefficient (Wildman–Crippen LogP) is 2.07. The van der Waals surface area contributed by atoms with Crippen molar-refractivity contribution in [3.05, 3.63) is 28.7 Å². The molecule has 1 rings (SSSR count). The SMILES string of the molecule is CCC(C)(NCCS(=O)(=O)c1ccc(Br)cc1)C(=O)O. The average Bonchev–Trinajstić information content (AvgIpc) is 2.38. The zero-order chi connectivity index (χ0) is 15.4. The number of halogens is 1. The molecule has 0 aromatic heterocycles. The van der Waals surface area contributed by atoms with Gasteiger partial charge in [-0.2, -0.15) is 0 Å². The summed E-state index contributed by atoms with van der Waals surface area (Å²) >= 11 is 3.24. The van der Waals surface area contributed by atoms with Gasteiger partial charge in [-0.1, -0.05) is 22.9 Å². The lowest BCUT2D eigenvalue weighted by Crippen LogP contribution is -2.50. The Kier molecular flexibility index (Phi) is 5.73. The number of carbonyl (C=O) groups is 1. The van der Waals surface area contributed by atoms with Gasteiger partial charge in [-0.25, -0.2) is 8.42 Å². The summed E-state index contributed by atoms with van der Waals surface area (Å²) in [5.74, 6) is -1.13. The Labute approximate surface area is 127 Å². The highest BCUT2D eigenvalue weighted by atomic mass is 79.9. The second-order valence-electron chi connectivity index (χ2n) is 4.69. The van der Waals surface area contributed by atoms with Crippen molar-refractivity contribution in [2.24, 2.45) is 0 Å². The van der Waals surface area contributed by atoms with Gasteiger partial charge in [0, 0.05) is 11.0 Å². The summed E-state index contributed by atoms with van der Waals surface area (Å²) in [5.41, 5.74) is -1.10. The maximum atomic E-state index is 12.1. The number of nitrogens with one attached hydrogen (secondary N) is 1. The number of hydrogen-bond donors (Lipinski definition) is 2. The molecule has 0 aliphatic carbocycles. The van der Waals surface area contributed by atoms with Gasteiger partial charge in [0.15, 0.2) is 9.84 Å². The summed E-state index contributed by atoms with van der Waals surface area (Å²) in [6.45, 7) is 3.38. The lowest BCUT2D eigenvalue weighted by molar-refractivity contribution is -0.144. The summed E-state index contributed by atoms with van der Waals surface area (Å²) in [6.07, 6.45) is 0.376. The molecule has 0 fully saturated rings. The number of hydrogen-bond acceptors (Lipinski definition) is 4. The molecular weight excluding hydrogens is 346 g/mol. The molecule has 0 amide bonds. The Morgan fingerprint density at radius 1 is 1.35 bits per heavy atom. The summed E-state index contributed by atoms with van der Waals surface area (Å²) in [5, 5.41) is 11.9. The van der Waals surface area contributed by atoms with Crippen LogP contribution in [-0.4, -0.2) is 37.3 Å². The Morgan fingerprint density at radius 2 is 1.90 bits per heavy atom. The molecule has 0 aliphatic rings. The molecule has 0 saturated heterocycles. The third-order valence-corrected chi connectivity index (χ3v) is 5.50. The predicted molar refractivity (Wildman–Crippen MR) is 80.5 cm³/mol. The number of benzene rings is 1. The molecule has 0 radical (unpaired) electrons. The van der Waals surface area contributed by atoms with Crippen molar-refractivity contribution in [3.8, 4) is 0 Å². The van der Waals surface area contributed by atoms with Crippen LogP contribution in [0, 0.1) is 0 Å². The van der Waals surface area contributed by atoms with Crippen LogP contribution in [0.5, 0.6) is 0 Å². The quantitative estimate of drug-likeness (QED) is 0.774. The summed E-state index contributed by atoms with van der Waals surface area (Å²) in [7, 11) is -3.41. The topological polar surface area (TPSA) is 83.5 Å². The Bertz CT molecular complexity index is 571. The smallest absolute Gasteiger partial charge is 0.323 e. The molecule has 112 valence electrons. The van der Waals surface area contributed by atoms with E-state index < -0.39 is 21.3 Å². The monoisotopic (exact) mass is 363 g/mol. The van der Waals surface area contributed by atoms with Gasteiger partial charge < -0.3 is 10.4 Å². The zero-order valence-corrected chi connectivity index (χ0v) is 13.8. The van der Waals surface area contributed by atoms with E-state index in [4.69, 9.17) is 5.11 Å². The lowest BCUT2D eigenvalue weighted by Gasteiger charge is -2.24. The fourth-order valence-corrected chi connectivity index (χ4v) is 2.99. The van der Waals surface area contributed by atoms with Crippen LogP contribution in [0.4, 0.5) is 0 Å². The number of carboxylic acid groups (broad SMARTS) is 1. The second kappa shape index (κ2) is 6.69. The van der Waals surface area contributed by atoms with Crippen LogP contribution in [0.3, 0.4) is 0 Å². The fourth-order valence-electron chi connectivity index (χ4n) is 1.57. The molecule has 2 N–H and O–H groups in total.